The summed E-state index contributed by atoms with van der Waals surface area (Å²) in [5.41, 5.74) is 2.54. The molecule has 14 heavy (non-hydrogen) atoms. The summed E-state index contributed by atoms with van der Waals surface area (Å²) in [4.78, 5) is 0. The minimum Gasteiger partial charge on any atom is -0.355 e. The van der Waals surface area contributed by atoms with Gasteiger partial charge in [0.25, 0.3) is 0 Å². The Hall–Kier alpha value is -1.49. The molecule has 0 bridgehead atoms. The molecule has 0 fully saturated rings. The highest BCUT2D eigenvalue weighted by Gasteiger charge is 1.99. The Bertz CT molecular complexity index is 399. The van der Waals surface area contributed by atoms with Crippen LogP contribution in [0.4, 0.5) is 5.13 Å². The fraction of sp³-hybridized carbons (Fsp3) is 0.222. The number of anilines is 1. The maximum atomic E-state index is 3.81. The molecule has 1 N–H and O–H groups in total. The SMILES string of the molecule is Cc1ccccc1CNc1nnns1. The average Bonchev–Trinajstić information content (AvgIpc) is 2.69. The Morgan fingerprint density at radius 2 is 2.21 bits per heavy atom. The first-order valence-corrected chi connectivity index (χ1v) is 5.07. The van der Waals surface area contributed by atoms with Crippen LogP contribution in [0.15, 0.2) is 24.3 Å². The maximum Gasteiger partial charge on any atom is 0.225 e. The first-order valence-electron chi connectivity index (χ1n) is 4.29. The van der Waals surface area contributed by atoms with Gasteiger partial charge in [0.2, 0.25) is 5.13 Å². The number of rotatable bonds is 3. The fourth-order valence-electron chi connectivity index (χ4n) is 1.18. The molecule has 4 nitrogen and oxygen atoms in total. The molecular weight excluding hydrogens is 196 g/mol. The number of nitrogens with zero attached hydrogens (tertiary/aromatic N) is 3. The molecule has 0 unspecified atom stereocenters. The second kappa shape index (κ2) is 4.15. The third-order valence-electron chi connectivity index (χ3n) is 1.99. The summed E-state index contributed by atoms with van der Waals surface area (Å²) in [6.45, 7) is 2.86. The average molecular weight is 206 g/mol. The van der Waals surface area contributed by atoms with Crippen LogP contribution >= 0.6 is 11.5 Å². The Morgan fingerprint density at radius 1 is 1.36 bits per heavy atom. The van der Waals surface area contributed by atoms with E-state index in [2.05, 4.69) is 39.2 Å². The number of hydrogen-bond donors (Lipinski definition) is 1. The van der Waals surface area contributed by atoms with E-state index in [0.29, 0.717) is 0 Å². The van der Waals surface area contributed by atoms with Gasteiger partial charge in [-0.3, -0.25) is 0 Å². The third-order valence-corrected chi connectivity index (χ3v) is 2.54. The summed E-state index contributed by atoms with van der Waals surface area (Å²) in [6.07, 6.45) is 0. The van der Waals surface area contributed by atoms with Crippen molar-refractivity contribution >= 4 is 16.7 Å². The van der Waals surface area contributed by atoms with Crippen LogP contribution in [0.1, 0.15) is 11.1 Å². The zero-order valence-corrected chi connectivity index (χ0v) is 8.58. The van der Waals surface area contributed by atoms with Crippen molar-refractivity contribution in [2.24, 2.45) is 0 Å². The quantitative estimate of drug-likeness (QED) is 0.832. The summed E-state index contributed by atoms with van der Waals surface area (Å²) in [5, 5.41) is 11.2. The molecule has 0 amide bonds. The molecule has 0 saturated heterocycles. The van der Waals surface area contributed by atoms with Gasteiger partial charge < -0.3 is 5.32 Å². The lowest BCUT2D eigenvalue weighted by Crippen LogP contribution is -2.00. The molecule has 0 spiro atoms. The lowest BCUT2D eigenvalue weighted by atomic mass is 10.1. The predicted octanol–water partition coefficient (Wildman–Crippen LogP) is 1.85. The van der Waals surface area contributed by atoms with Gasteiger partial charge in [-0.15, -0.1) is 0 Å². The number of nitrogens with one attached hydrogen (secondary N) is 1. The summed E-state index contributed by atoms with van der Waals surface area (Å²) in [5.74, 6) is 0. The van der Waals surface area contributed by atoms with Crippen molar-refractivity contribution in [2.75, 3.05) is 5.32 Å². The van der Waals surface area contributed by atoms with Gasteiger partial charge in [-0.2, -0.15) is 0 Å². The van der Waals surface area contributed by atoms with Crippen molar-refractivity contribution in [1.29, 1.82) is 0 Å². The van der Waals surface area contributed by atoms with Gasteiger partial charge in [0.15, 0.2) is 0 Å². The highest BCUT2D eigenvalue weighted by atomic mass is 32.1. The normalized spacial score (nSPS) is 10.1. The van der Waals surface area contributed by atoms with Crippen molar-refractivity contribution in [3.8, 4) is 0 Å². The highest BCUT2D eigenvalue weighted by molar-refractivity contribution is 7.09. The van der Waals surface area contributed by atoms with Crippen LogP contribution in [-0.4, -0.2) is 14.8 Å². The topological polar surface area (TPSA) is 50.7 Å². The second-order valence-electron chi connectivity index (χ2n) is 2.95. The van der Waals surface area contributed by atoms with Gasteiger partial charge in [-0.25, -0.2) is 0 Å². The van der Waals surface area contributed by atoms with Crippen LogP contribution in [0.5, 0.6) is 0 Å². The van der Waals surface area contributed by atoms with Gasteiger partial charge in [0.05, 0.1) is 0 Å². The lowest BCUT2D eigenvalue weighted by Gasteiger charge is -2.04. The highest BCUT2D eigenvalue weighted by Crippen LogP contribution is 2.11. The predicted molar refractivity (Wildman–Crippen MR) is 56.2 cm³/mol. The molecule has 1 heterocycles. The Balaban J connectivity index is 2.02. The van der Waals surface area contributed by atoms with Crippen LogP contribution in [0.25, 0.3) is 0 Å². The van der Waals surface area contributed by atoms with E-state index in [9.17, 15) is 0 Å². The Kier molecular flexibility index (Phi) is 2.69. The number of benzene rings is 1. The maximum absolute atomic E-state index is 3.81. The zero-order chi connectivity index (χ0) is 9.80. The molecule has 0 aliphatic rings. The van der Waals surface area contributed by atoms with E-state index < -0.39 is 0 Å². The van der Waals surface area contributed by atoms with E-state index in [1.54, 1.807) is 0 Å². The molecule has 2 aromatic rings. The van der Waals surface area contributed by atoms with Crippen LogP contribution in [0.2, 0.25) is 0 Å². The third kappa shape index (κ3) is 2.05. The van der Waals surface area contributed by atoms with E-state index in [1.807, 2.05) is 12.1 Å². The monoisotopic (exact) mass is 206 g/mol. The molecule has 0 atom stereocenters. The van der Waals surface area contributed by atoms with Crippen molar-refractivity contribution < 1.29 is 0 Å². The number of hydrogen-bond acceptors (Lipinski definition) is 5. The Morgan fingerprint density at radius 3 is 2.93 bits per heavy atom. The molecule has 0 saturated carbocycles. The van der Waals surface area contributed by atoms with Crippen LogP contribution < -0.4 is 5.32 Å². The van der Waals surface area contributed by atoms with Crippen molar-refractivity contribution in [2.45, 2.75) is 13.5 Å². The smallest absolute Gasteiger partial charge is 0.225 e. The van der Waals surface area contributed by atoms with Gasteiger partial charge in [0.1, 0.15) is 0 Å². The van der Waals surface area contributed by atoms with Crippen molar-refractivity contribution in [3.63, 3.8) is 0 Å². The molecule has 0 aliphatic carbocycles. The Labute approximate surface area is 86.1 Å². The molecule has 72 valence electrons. The number of aryl methyl sites for hydroxylation is 1. The van der Waals surface area contributed by atoms with Gasteiger partial charge in [0, 0.05) is 18.1 Å². The standard InChI is InChI=1S/C9H10N4S/c1-7-4-2-3-5-8(7)6-10-9-11-12-13-14-9/h2-5H,6H2,1H3,(H,10,11,13). The van der Waals surface area contributed by atoms with Crippen LogP contribution in [-0.2, 0) is 6.54 Å². The molecule has 0 aliphatic heterocycles. The molecular formula is C9H10N4S. The molecule has 1 aromatic heterocycles. The van der Waals surface area contributed by atoms with Gasteiger partial charge in [-0.1, -0.05) is 33.9 Å². The summed E-state index contributed by atoms with van der Waals surface area (Å²) in [6, 6.07) is 8.25. The van der Waals surface area contributed by atoms with Crippen LogP contribution in [0.3, 0.4) is 0 Å². The molecule has 2 rings (SSSR count). The van der Waals surface area contributed by atoms with Gasteiger partial charge >= 0.3 is 0 Å². The molecule has 1 aromatic carbocycles. The fourth-order valence-corrected chi connectivity index (χ4v) is 1.54. The number of aromatic nitrogens is 3. The minimum atomic E-state index is 0.758. The van der Waals surface area contributed by atoms with E-state index in [4.69, 9.17) is 0 Å². The second-order valence-corrected chi connectivity index (χ2v) is 3.68. The minimum absolute atomic E-state index is 0.758. The molecule has 5 heteroatoms. The van der Waals surface area contributed by atoms with Crippen LogP contribution in [0, 0.1) is 6.92 Å². The lowest BCUT2D eigenvalue weighted by molar-refractivity contribution is 0.950. The largest absolute Gasteiger partial charge is 0.355 e. The van der Waals surface area contributed by atoms with E-state index in [0.717, 1.165) is 11.7 Å². The summed E-state index contributed by atoms with van der Waals surface area (Å²) >= 11 is 1.26. The summed E-state index contributed by atoms with van der Waals surface area (Å²) < 4.78 is 3.67. The first-order chi connectivity index (χ1) is 6.86. The first kappa shape index (κ1) is 9.08. The van der Waals surface area contributed by atoms with E-state index in [-0.39, 0.29) is 0 Å². The molecule has 0 radical (unpaired) electrons. The van der Waals surface area contributed by atoms with E-state index >= 15 is 0 Å². The zero-order valence-electron chi connectivity index (χ0n) is 7.77. The van der Waals surface area contributed by atoms with Gasteiger partial charge in [-0.05, 0) is 23.3 Å². The van der Waals surface area contributed by atoms with Crippen molar-refractivity contribution in [1.82, 2.24) is 14.8 Å². The van der Waals surface area contributed by atoms with E-state index in [1.165, 1.54) is 22.7 Å². The van der Waals surface area contributed by atoms with Crippen molar-refractivity contribution in [3.05, 3.63) is 35.4 Å². The summed E-state index contributed by atoms with van der Waals surface area (Å²) in [7, 11) is 0.